The van der Waals surface area contributed by atoms with Gasteiger partial charge in [-0.1, -0.05) is 18.2 Å². The van der Waals surface area contributed by atoms with Gasteiger partial charge in [-0.25, -0.2) is 4.98 Å². The Hall–Kier alpha value is -3.02. The SMILES string of the molecule is Cc1ccccc1C(=O)NCCc1nc(-c2ccncc2)n[nH]1. The van der Waals surface area contributed by atoms with Crippen molar-refractivity contribution in [3.05, 3.63) is 65.7 Å². The van der Waals surface area contributed by atoms with Crippen molar-refractivity contribution < 1.29 is 4.79 Å². The Morgan fingerprint density at radius 1 is 1.17 bits per heavy atom. The molecule has 6 heteroatoms. The molecule has 3 rings (SSSR count). The molecule has 1 amide bonds. The smallest absolute Gasteiger partial charge is 0.251 e. The average molecular weight is 307 g/mol. The second kappa shape index (κ2) is 6.83. The summed E-state index contributed by atoms with van der Waals surface area (Å²) in [5.74, 6) is 1.30. The standard InChI is InChI=1S/C17H17N5O/c1-12-4-2-3-5-14(12)17(23)19-11-8-15-20-16(22-21-15)13-6-9-18-10-7-13/h2-7,9-10H,8,11H2,1H3,(H,19,23)(H,20,21,22). The van der Waals surface area contributed by atoms with Crippen molar-refractivity contribution in [3.63, 3.8) is 0 Å². The zero-order valence-electron chi connectivity index (χ0n) is 12.8. The van der Waals surface area contributed by atoms with Crippen LogP contribution in [0.4, 0.5) is 0 Å². The number of pyridine rings is 1. The number of aromatic nitrogens is 4. The van der Waals surface area contributed by atoms with E-state index in [0.717, 1.165) is 17.0 Å². The van der Waals surface area contributed by atoms with E-state index < -0.39 is 0 Å². The summed E-state index contributed by atoms with van der Waals surface area (Å²) in [7, 11) is 0. The average Bonchev–Trinajstić information content (AvgIpc) is 3.05. The molecule has 0 bridgehead atoms. The second-order valence-corrected chi connectivity index (χ2v) is 5.16. The summed E-state index contributed by atoms with van der Waals surface area (Å²) in [4.78, 5) is 20.5. The fraction of sp³-hybridized carbons (Fsp3) is 0.176. The highest BCUT2D eigenvalue weighted by Gasteiger charge is 2.09. The summed E-state index contributed by atoms with van der Waals surface area (Å²) in [5.41, 5.74) is 2.57. The lowest BCUT2D eigenvalue weighted by molar-refractivity contribution is 0.0953. The minimum atomic E-state index is -0.0722. The van der Waals surface area contributed by atoms with Gasteiger partial charge in [-0.2, -0.15) is 5.10 Å². The molecule has 0 aliphatic carbocycles. The van der Waals surface area contributed by atoms with Gasteiger partial charge < -0.3 is 5.32 Å². The van der Waals surface area contributed by atoms with E-state index in [-0.39, 0.29) is 5.91 Å². The minimum absolute atomic E-state index is 0.0722. The molecule has 2 heterocycles. The van der Waals surface area contributed by atoms with Gasteiger partial charge in [-0.3, -0.25) is 14.9 Å². The molecule has 0 saturated carbocycles. The maximum Gasteiger partial charge on any atom is 0.251 e. The summed E-state index contributed by atoms with van der Waals surface area (Å²) in [5, 5.41) is 9.98. The molecule has 23 heavy (non-hydrogen) atoms. The first-order chi connectivity index (χ1) is 11.2. The zero-order chi connectivity index (χ0) is 16.1. The molecule has 0 aliphatic heterocycles. The third kappa shape index (κ3) is 3.60. The van der Waals surface area contributed by atoms with Crippen LogP contribution in [0.15, 0.2) is 48.8 Å². The maximum atomic E-state index is 12.1. The van der Waals surface area contributed by atoms with E-state index in [2.05, 4.69) is 25.5 Å². The number of amides is 1. The van der Waals surface area contributed by atoms with E-state index in [0.29, 0.717) is 24.4 Å². The van der Waals surface area contributed by atoms with E-state index in [1.54, 1.807) is 12.4 Å². The monoisotopic (exact) mass is 307 g/mol. The molecule has 0 atom stereocenters. The van der Waals surface area contributed by atoms with Crippen LogP contribution >= 0.6 is 0 Å². The van der Waals surface area contributed by atoms with Crippen molar-refractivity contribution in [2.75, 3.05) is 6.54 Å². The summed E-state index contributed by atoms with van der Waals surface area (Å²) in [6, 6.07) is 11.2. The van der Waals surface area contributed by atoms with Gasteiger partial charge in [0.2, 0.25) is 0 Å². The number of H-pyrrole nitrogens is 1. The van der Waals surface area contributed by atoms with Crippen molar-refractivity contribution in [2.24, 2.45) is 0 Å². The van der Waals surface area contributed by atoms with E-state index in [1.165, 1.54) is 0 Å². The third-order valence-electron chi connectivity index (χ3n) is 3.51. The molecule has 0 fully saturated rings. The van der Waals surface area contributed by atoms with Crippen LogP contribution in [0.2, 0.25) is 0 Å². The van der Waals surface area contributed by atoms with E-state index in [4.69, 9.17) is 0 Å². The van der Waals surface area contributed by atoms with Gasteiger partial charge >= 0.3 is 0 Å². The Morgan fingerprint density at radius 2 is 1.96 bits per heavy atom. The van der Waals surface area contributed by atoms with Crippen LogP contribution in [-0.4, -0.2) is 32.6 Å². The molecular weight excluding hydrogens is 290 g/mol. The number of aromatic amines is 1. The van der Waals surface area contributed by atoms with Gasteiger partial charge in [0.25, 0.3) is 5.91 Å². The van der Waals surface area contributed by atoms with Gasteiger partial charge in [0, 0.05) is 36.5 Å². The fourth-order valence-corrected chi connectivity index (χ4v) is 2.25. The van der Waals surface area contributed by atoms with Crippen LogP contribution in [0.3, 0.4) is 0 Å². The van der Waals surface area contributed by atoms with Crippen LogP contribution in [0.1, 0.15) is 21.7 Å². The number of hydrogen-bond acceptors (Lipinski definition) is 4. The molecular formula is C17H17N5O. The normalized spacial score (nSPS) is 10.5. The van der Waals surface area contributed by atoms with Gasteiger partial charge in [-0.15, -0.1) is 0 Å². The Kier molecular flexibility index (Phi) is 4.42. The lowest BCUT2D eigenvalue weighted by Gasteiger charge is -2.06. The molecule has 0 saturated heterocycles. The number of aryl methyl sites for hydroxylation is 1. The first-order valence-corrected chi connectivity index (χ1v) is 7.39. The van der Waals surface area contributed by atoms with Crippen LogP contribution < -0.4 is 5.32 Å². The topological polar surface area (TPSA) is 83.6 Å². The first kappa shape index (κ1) is 14.9. The molecule has 0 spiro atoms. The Morgan fingerprint density at radius 3 is 2.74 bits per heavy atom. The number of benzene rings is 1. The predicted molar refractivity (Wildman–Crippen MR) is 86.8 cm³/mol. The molecule has 1 aromatic carbocycles. The number of carbonyl (C=O) groups is 1. The number of carbonyl (C=O) groups excluding carboxylic acids is 1. The first-order valence-electron chi connectivity index (χ1n) is 7.39. The number of nitrogens with one attached hydrogen (secondary N) is 2. The van der Waals surface area contributed by atoms with E-state index in [1.807, 2.05) is 43.3 Å². The minimum Gasteiger partial charge on any atom is -0.352 e. The summed E-state index contributed by atoms with van der Waals surface area (Å²) in [6.07, 6.45) is 4.00. The van der Waals surface area contributed by atoms with Crippen LogP contribution in [0.5, 0.6) is 0 Å². The Balaban J connectivity index is 1.56. The van der Waals surface area contributed by atoms with E-state index in [9.17, 15) is 4.79 Å². The van der Waals surface area contributed by atoms with Crippen LogP contribution in [0, 0.1) is 6.92 Å². The van der Waals surface area contributed by atoms with Crippen molar-refractivity contribution in [3.8, 4) is 11.4 Å². The highest BCUT2D eigenvalue weighted by molar-refractivity contribution is 5.95. The van der Waals surface area contributed by atoms with Gasteiger partial charge in [0.05, 0.1) is 0 Å². The summed E-state index contributed by atoms with van der Waals surface area (Å²) < 4.78 is 0. The fourth-order valence-electron chi connectivity index (χ4n) is 2.25. The van der Waals surface area contributed by atoms with E-state index >= 15 is 0 Å². The van der Waals surface area contributed by atoms with Gasteiger partial charge in [0.15, 0.2) is 5.82 Å². The lowest BCUT2D eigenvalue weighted by atomic mass is 10.1. The number of hydrogen-bond donors (Lipinski definition) is 2. The number of rotatable bonds is 5. The molecule has 2 N–H and O–H groups in total. The maximum absolute atomic E-state index is 12.1. The van der Waals surface area contributed by atoms with Crippen molar-refractivity contribution in [1.29, 1.82) is 0 Å². The number of nitrogens with zero attached hydrogens (tertiary/aromatic N) is 3. The highest BCUT2D eigenvalue weighted by atomic mass is 16.1. The third-order valence-corrected chi connectivity index (χ3v) is 3.51. The predicted octanol–water partition coefficient (Wildman–Crippen LogP) is 2.15. The molecule has 3 aromatic rings. The molecule has 116 valence electrons. The Bertz CT molecular complexity index is 798. The summed E-state index contributed by atoms with van der Waals surface area (Å²) in [6.45, 7) is 2.42. The van der Waals surface area contributed by atoms with Gasteiger partial charge in [0.1, 0.15) is 5.82 Å². The molecule has 0 aliphatic rings. The molecule has 6 nitrogen and oxygen atoms in total. The Labute approximate surface area is 134 Å². The van der Waals surface area contributed by atoms with Crippen molar-refractivity contribution >= 4 is 5.91 Å². The molecule has 0 radical (unpaired) electrons. The zero-order valence-corrected chi connectivity index (χ0v) is 12.8. The quantitative estimate of drug-likeness (QED) is 0.756. The largest absolute Gasteiger partial charge is 0.352 e. The van der Waals surface area contributed by atoms with Crippen molar-refractivity contribution in [2.45, 2.75) is 13.3 Å². The second-order valence-electron chi connectivity index (χ2n) is 5.16. The van der Waals surface area contributed by atoms with Gasteiger partial charge in [-0.05, 0) is 30.7 Å². The lowest BCUT2D eigenvalue weighted by Crippen LogP contribution is -2.26. The molecule has 2 aromatic heterocycles. The highest BCUT2D eigenvalue weighted by Crippen LogP contribution is 2.12. The molecule has 0 unspecified atom stereocenters. The van der Waals surface area contributed by atoms with Crippen molar-refractivity contribution in [1.82, 2.24) is 25.5 Å². The van der Waals surface area contributed by atoms with Crippen LogP contribution in [0.25, 0.3) is 11.4 Å². The van der Waals surface area contributed by atoms with Crippen LogP contribution in [-0.2, 0) is 6.42 Å². The summed E-state index contributed by atoms with van der Waals surface area (Å²) >= 11 is 0.